The highest BCUT2D eigenvalue weighted by Gasteiger charge is 2.16. The van der Waals surface area contributed by atoms with Gasteiger partial charge in [-0.1, -0.05) is 28.1 Å². The van der Waals surface area contributed by atoms with Crippen molar-refractivity contribution in [1.29, 1.82) is 0 Å². The fraction of sp³-hybridized carbons (Fsp3) is 0.100. The molecule has 0 fully saturated rings. The highest BCUT2D eigenvalue weighted by atomic mass is 79.9. The third kappa shape index (κ3) is 1.29. The van der Waals surface area contributed by atoms with Gasteiger partial charge < -0.3 is 5.11 Å². The molecular weight excluding hydrogens is 232 g/mol. The summed E-state index contributed by atoms with van der Waals surface area (Å²) in [5, 5.41) is 8.90. The number of aromatic carboxylic acids is 1. The lowest BCUT2D eigenvalue weighted by molar-refractivity contribution is 0.0696. The van der Waals surface area contributed by atoms with Gasteiger partial charge in [0.2, 0.25) is 0 Å². The second-order valence-corrected chi connectivity index (χ2v) is 3.75. The first-order chi connectivity index (χ1) is 6.20. The molecule has 0 unspecified atom stereocenters. The molecule has 66 valence electrons. The zero-order chi connectivity index (χ0) is 9.42. The number of allylic oxidation sites excluding steroid dienone is 1. The van der Waals surface area contributed by atoms with E-state index in [9.17, 15) is 4.79 Å². The Hall–Kier alpha value is -1.09. The van der Waals surface area contributed by atoms with Crippen molar-refractivity contribution in [2.24, 2.45) is 0 Å². The molecule has 13 heavy (non-hydrogen) atoms. The number of carbonyl (C=O) groups is 1. The highest BCUT2D eigenvalue weighted by molar-refractivity contribution is 9.10. The molecule has 1 aliphatic carbocycles. The molecule has 1 N–H and O–H groups in total. The fourth-order valence-electron chi connectivity index (χ4n) is 1.53. The predicted octanol–water partition coefficient (Wildman–Crippen LogP) is 2.72. The van der Waals surface area contributed by atoms with Crippen LogP contribution in [0.3, 0.4) is 0 Å². The van der Waals surface area contributed by atoms with Crippen LogP contribution in [0.15, 0.2) is 22.7 Å². The van der Waals surface area contributed by atoms with Crippen LogP contribution in [0.4, 0.5) is 0 Å². The zero-order valence-electron chi connectivity index (χ0n) is 6.75. The minimum absolute atomic E-state index is 0.406. The maximum absolute atomic E-state index is 10.8. The quantitative estimate of drug-likeness (QED) is 0.817. The van der Waals surface area contributed by atoms with Crippen LogP contribution in [0, 0.1) is 0 Å². The van der Waals surface area contributed by atoms with Gasteiger partial charge in [-0.25, -0.2) is 4.79 Å². The number of hydrogen-bond acceptors (Lipinski definition) is 1. The van der Waals surface area contributed by atoms with Crippen molar-refractivity contribution in [1.82, 2.24) is 0 Å². The minimum atomic E-state index is -0.854. The number of fused-ring (bicyclic) bond motifs is 1. The topological polar surface area (TPSA) is 37.3 Å². The summed E-state index contributed by atoms with van der Waals surface area (Å²) < 4.78 is 0.959. The predicted molar refractivity (Wildman–Crippen MR) is 53.8 cm³/mol. The van der Waals surface area contributed by atoms with Crippen LogP contribution in [0.2, 0.25) is 0 Å². The maximum Gasteiger partial charge on any atom is 0.335 e. The molecule has 1 aliphatic rings. The van der Waals surface area contributed by atoms with E-state index in [4.69, 9.17) is 5.11 Å². The Labute approximate surface area is 84.0 Å². The van der Waals surface area contributed by atoms with Crippen LogP contribution < -0.4 is 0 Å². The minimum Gasteiger partial charge on any atom is -0.478 e. The molecule has 3 heteroatoms. The number of halogens is 1. The molecule has 0 radical (unpaired) electrons. The third-order valence-corrected chi connectivity index (χ3v) is 2.83. The summed E-state index contributed by atoms with van der Waals surface area (Å²) in [5.74, 6) is -0.854. The van der Waals surface area contributed by atoms with Gasteiger partial charge in [0.15, 0.2) is 0 Å². The molecule has 0 heterocycles. The molecule has 0 amide bonds. The van der Waals surface area contributed by atoms with Crippen LogP contribution >= 0.6 is 15.9 Å². The van der Waals surface area contributed by atoms with Crippen molar-refractivity contribution in [3.63, 3.8) is 0 Å². The van der Waals surface area contributed by atoms with Crippen molar-refractivity contribution >= 4 is 28.0 Å². The van der Waals surface area contributed by atoms with Crippen LogP contribution in [-0.2, 0) is 6.42 Å². The molecule has 0 aromatic heterocycles. The van der Waals surface area contributed by atoms with Crippen LogP contribution in [-0.4, -0.2) is 11.1 Å². The number of rotatable bonds is 1. The fourth-order valence-corrected chi connectivity index (χ4v) is 2.03. The Bertz CT molecular complexity index is 408. The van der Waals surface area contributed by atoms with Gasteiger partial charge in [0, 0.05) is 4.47 Å². The second-order valence-electron chi connectivity index (χ2n) is 2.90. The van der Waals surface area contributed by atoms with Gasteiger partial charge in [-0.2, -0.15) is 0 Å². The van der Waals surface area contributed by atoms with Crippen molar-refractivity contribution in [2.75, 3.05) is 0 Å². The number of carboxylic acids is 1. The Balaban J connectivity index is 2.66. The lowest BCUT2D eigenvalue weighted by Gasteiger charge is -2.05. The van der Waals surface area contributed by atoms with E-state index in [0.29, 0.717) is 5.56 Å². The Morgan fingerprint density at radius 3 is 2.92 bits per heavy atom. The molecule has 0 saturated carbocycles. The molecule has 0 atom stereocenters. The monoisotopic (exact) mass is 238 g/mol. The van der Waals surface area contributed by atoms with E-state index in [1.165, 1.54) is 0 Å². The van der Waals surface area contributed by atoms with Gasteiger partial charge in [0.05, 0.1) is 5.56 Å². The van der Waals surface area contributed by atoms with Gasteiger partial charge in [0.25, 0.3) is 0 Å². The summed E-state index contributed by atoms with van der Waals surface area (Å²) in [4.78, 5) is 10.8. The highest BCUT2D eigenvalue weighted by Crippen LogP contribution is 2.30. The van der Waals surface area contributed by atoms with E-state index in [1.54, 1.807) is 12.1 Å². The Morgan fingerprint density at radius 1 is 1.46 bits per heavy atom. The van der Waals surface area contributed by atoms with Crippen LogP contribution in [0.1, 0.15) is 21.5 Å². The standard InChI is InChI=1S/C10H7BrO2/c11-9-5-4-8(10(12)13)6-2-1-3-7(6)9/h1,3-5H,2H2,(H,12,13). The lowest BCUT2D eigenvalue weighted by atomic mass is 10.0. The summed E-state index contributed by atoms with van der Waals surface area (Å²) in [7, 11) is 0. The summed E-state index contributed by atoms with van der Waals surface area (Å²) in [6, 6.07) is 3.41. The van der Waals surface area contributed by atoms with E-state index in [1.807, 2.05) is 12.2 Å². The third-order valence-electron chi connectivity index (χ3n) is 2.14. The first-order valence-corrected chi connectivity index (χ1v) is 4.70. The van der Waals surface area contributed by atoms with E-state index < -0.39 is 5.97 Å². The average molecular weight is 239 g/mol. The molecule has 2 nitrogen and oxygen atoms in total. The van der Waals surface area contributed by atoms with E-state index in [-0.39, 0.29) is 0 Å². The van der Waals surface area contributed by atoms with Crippen molar-refractivity contribution in [3.05, 3.63) is 39.4 Å². The SMILES string of the molecule is O=C(O)c1ccc(Br)c2c1CC=C2. The van der Waals surface area contributed by atoms with E-state index in [2.05, 4.69) is 15.9 Å². The number of hydrogen-bond donors (Lipinski definition) is 1. The molecule has 0 aliphatic heterocycles. The van der Waals surface area contributed by atoms with Crippen molar-refractivity contribution < 1.29 is 9.90 Å². The van der Waals surface area contributed by atoms with Crippen LogP contribution in [0.25, 0.3) is 6.08 Å². The van der Waals surface area contributed by atoms with Gasteiger partial charge in [0.1, 0.15) is 0 Å². The summed E-state index contributed by atoms with van der Waals surface area (Å²) in [6.45, 7) is 0. The van der Waals surface area contributed by atoms with E-state index >= 15 is 0 Å². The Morgan fingerprint density at radius 2 is 2.23 bits per heavy atom. The van der Waals surface area contributed by atoms with Gasteiger partial charge in [-0.05, 0) is 29.7 Å². The van der Waals surface area contributed by atoms with Gasteiger partial charge in [-0.3, -0.25) is 0 Å². The van der Waals surface area contributed by atoms with Crippen LogP contribution in [0.5, 0.6) is 0 Å². The van der Waals surface area contributed by atoms with Gasteiger partial charge >= 0.3 is 5.97 Å². The maximum atomic E-state index is 10.8. The first kappa shape index (κ1) is 8.51. The zero-order valence-corrected chi connectivity index (χ0v) is 8.34. The molecule has 1 aromatic carbocycles. The summed E-state index contributed by atoms with van der Waals surface area (Å²) in [6.07, 6.45) is 4.64. The number of benzene rings is 1. The smallest absolute Gasteiger partial charge is 0.335 e. The average Bonchev–Trinajstić information content (AvgIpc) is 2.53. The largest absolute Gasteiger partial charge is 0.478 e. The molecule has 2 rings (SSSR count). The normalized spacial score (nSPS) is 13.0. The lowest BCUT2D eigenvalue weighted by Crippen LogP contribution is -2.02. The summed E-state index contributed by atoms with van der Waals surface area (Å²) in [5.41, 5.74) is 2.31. The molecule has 1 aromatic rings. The number of carboxylic acid groups (broad SMARTS) is 1. The summed E-state index contributed by atoms with van der Waals surface area (Å²) >= 11 is 3.39. The molecular formula is C10H7BrO2. The molecule has 0 bridgehead atoms. The molecule has 0 saturated heterocycles. The first-order valence-electron chi connectivity index (χ1n) is 3.91. The molecule has 0 spiro atoms. The van der Waals surface area contributed by atoms with Crippen molar-refractivity contribution in [3.8, 4) is 0 Å². The second kappa shape index (κ2) is 3.00. The van der Waals surface area contributed by atoms with E-state index in [0.717, 1.165) is 22.0 Å². The Kier molecular flexibility index (Phi) is 1.96. The van der Waals surface area contributed by atoms with Gasteiger partial charge in [-0.15, -0.1) is 0 Å². The van der Waals surface area contributed by atoms with Crippen molar-refractivity contribution in [2.45, 2.75) is 6.42 Å².